The second-order valence-corrected chi connectivity index (χ2v) is 6.75. The lowest BCUT2D eigenvalue weighted by Gasteiger charge is -2.33. The highest BCUT2D eigenvalue weighted by Gasteiger charge is 2.25. The predicted molar refractivity (Wildman–Crippen MR) is 70.3 cm³/mol. The van der Waals surface area contributed by atoms with Crippen molar-refractivity contribution in [2.24, 2.45) is 5.73 Å². The number of thiophene rings is 1. The quantitative estimate of drug-likeness (QED) is 0.884. The van der Waals surface area contributed by atoms with Gasteiger partial charge in [-0.2, -0.15) is 0 Å². The molecule has 90 valence electrons. The van der Waals surface area contributed by atoms with E-state index < -0.39 is 10.8 Å². The van der Waals surface area contributed by atoms with Crippen LogP contribution in [-0.2, 0) is 10.8 Å². The van der Waals surface area contributed by atoms with Gasteiger partial charge in [-0.1, -0.05) is 0 Å². The Kier molecular flexibility index (Phi) is 4.13. The summed E-state index contributed by atoms with van der Waals surface area (Å²) in [6.07, 6.45) is 0. The van der Waals surface area contributed by atoms with Crippen LogP contribution < -0.4 is 5.73 Å². The van der Waals surface area contributed by atoms with Crippen LogP contribution in [-0.4, -0.2) is 40.2 Å². The normalized spacial score (nSPS) is 21.1. The lowest BCUT2D eigenvalue weighted by Crippen LogP contribution is -2.42. The Morgan fingerprint density at radius 2 is 2.25 bits per heavy atom. The number of aryl methyl sites for hydroxylation is 1. The molecular weight excluding hydrogens is 240 g/mol. The number of rotatable bonds is 3. The molecule has 0 amide bonds. The van der Waals surface area contributed by atoms with Gasteiger partial charge in [0.1, 0.15) is 0 Å². The van der Waals surface area contributed by atoms with Gasteiger partial charge in [-0.05, 0) is 23.9 Å². The van der Waals surface area contributed by atoms with Gasteiger partial charge >= 0.3 is 0 Å². The number of hydrogen-bond donors (Lipinski definition) is 1. The van der Waals surface area contributed by atoms with E-state index in [2.05, 4.69) is 23.3 Å². The first-order valence-electron chi connectivity index (χ1n) is 5.55. The molecule has 0 saturated carbocycles. The summed E-state index contributed by atoms with van der Waals surface area (Å²) >= 11 is 1.78. The van der Waals surface area contributed by atoms with E-state index >= 15 is 0 Å². The Hall–Kier alpha value is -0.230. The van der Waals surface area contributed by atoms with Crippen LogP contribution in [0.1, 0.15) is 16.5 Å². The van der Waals surface area contributed by atoms with Crippen molar-refractivity contribution in [3.63, 3.8) is 0 Å². The van der Waals surface area contributed by atoms with Gasteiger partial charge in [-0.25, -0.2) is 0 Å². The van der Waals surface area contributed by atoms with Crippen LogP contribution in [0, 0.1) is 6.92 Å². The maximum Gasteiger partial charge on any atom is 0.0567 e. The van der Waals surface area contributed by atoms with Crippen LogP contribution in [0.25, 0.3) is 0 Å². The van der Waals surface area contributed by atoms with Crippen LogP contribution in [0.5, 0.6) is 0 Å². The van der Waals surface area contributed by atoms with Crippen molar-refractivity contribution in [2.75, 3.05) is 31.1 Å². The van der Waals surface area contributed by atoms with Crippen LogP contribution >= 0.6 is 11.3 Å². The summed E-state index contributed by atoms with van der Waals surface area (Å²) in [4.78, 5) is 3.75. The number of hydrogen-bond acceptors (Lipinski definition) is 4. The van der Waals surface area contributed by atoms with Crippen molar-refractivity contribution in [1.82, 2.24) is 4.90 Å². The zero-order valence-corrected chi connectivity index (χ0v) is 11.1. The third-order valence-electron chi connectivity index (χ3n) is 3.08. The predicted octanol–water partition coefficient (Wildman–Crippen LogP) is 1.12. The summed E-state index contributed by atoms with van der Waals surface area (Å²) in [6, 6.07) is 2.46. The number of nitrogens with two attached hydrogens (primary N) is 1. The Morgan fingerprint density at radius 3 is 2.75 bits per heavy atom. The molecular formula is C11H18N2OS2. The molecule has 1 fully saturated rings. The first-order valence-corrected chi connectivity index (χ1v) is 7.92. The molecule has 0 radical (unpaired) electrons. The van der Waals surface area contributed by atoms with Gasteiger partial charge in [-0.15, -0.1) is 11.3 Å². The highest BCUT2D eigenvalue weighted by Crippen LogP contribution is 2.28. The molecule has 2 heterocycles. The van der Waals surface area contributed by atoms with Crippen LogP contribution in [0.3, 0.4) is 0 Å². The zero-order chi connectivity index (χ0) is 11.5. The Labute approximate surface area is 103 Å². The Morgan fingerprint density at radius 1 is 1.56 bits per heavy atom. The molecule has 2 N–H and O–H groups in total. The first-order chi connectivity index (χ1) is 7.72. The molecule has 3 nitrogen and oxygen atoms in total. The van der Waals surface area contributed by atoms with Crippen molar-refractivity contribution < 1.29 is 4.21 Å². The zero-order valence-electron chi connectivity index (χ0n) is 9.52. The first kappa shape index (κ1) is 12.2. The molecule has 1 aliphatic heterocycles. The van der Waals surface area contributed by atoms with E-state index in [-0.39, 0.29) is 0 Å². The summed E-state index contributed by atoms with van der Waals surface area (Å²) in [7, 11) is -0.611. The smallest absolute Gasteiger partial charge is 0.0567 e. The van der Waals surface area contributed by atoms with Gasteiger partial charge in [0.25, 0.3) is 0 Å². The van der Waals surface area contributed by atoms with E-state index in [1.54, 1.807) is 11.3 Å². The summed E-state index contributed by atoms with van der Waals surface area (Å²) in [6.45, 7) is 4.60. The highest BCUT2D eigenvalue weighted by atomic mass is 32.2. The molecule has 1 atom stereocenters. The van der Waals surface area contributed by atoms with Crippen LogP contribution in [0.15, 0.2) is 11.4 Å². The van der Waals surface area contributed by atoms with Crippen molar-refractivity contribution in [3.8, 4) is 0 Å². The monoisotopic (exact) mass is 258 g/mol. The topological polar surface area (TPSA) is 46.3 Å². The van der Waals surface area contributed by atoms with E-state index in [0.29, 0.717) is 12.6 Å². The van der Waals surface area contributed by atoms with Crippen molar-refractivity contribution in [2.45, 2.75) is 13.0 Å². The Balaban J connectivity index is 2.11. The van der Waals surface area contributed by atoms with Crippen LogP contribution in [0.2, 0.25) is 0 Å². The second kappa shape index (κ2) is 5.40. The fraction of sp³-hybridized carbons (Fsp3) is 0.636. The summed E-state index contributed by atoms with van der Waals surface area (Å²) in [5.41, 5.74) is 7.21. The summed E-state index contributed by atoms with van der Waals surface area (Å²) in [5, 5.41) is 2.12. The van der Waals surface area contributed by atoms with Gasteiger partial charge in [0.05, 0.1) is 6.04 Å². The minimum atomic E-state index is -0.611. The summed E-state index contributed by atoms with van der Waals surface area (Å²) in [5.74, 6) is 1.59. The average molecular weight is 258 g/mol. The third kappa shape index (κ3) is 2.53. The van der Waals surface area contributed by atoms with E-state index in [0.717, 1.165) is 24.6 Å². The lowest BCUT2D eigenvalue weighted by molar-refractivity contribution is 0.223. The molecule has 16 heavy (non-hydrogen) atoms. The molecule has 5 heteroatoms. The lowest BCUT2D eigenvalue weighted by atomic mass is 10.1. The Bertz CT molecular complexity index is 368. The minimum absolute atomic E-state index is 0.317. The van der Waals surface area contributed by atoms with E-state index in [9.17, 15) is 4.21 Å². The highest BCUT2D eigenvalue weighted by molar-refractivity contribution is 7.85. The fourth-order valence-corrected chi connectivity index (χ4v) is 4.27. The van der Waals surface area contributed by atoms with Gasteiger partial charge in [0.2, 0.25) is 0 Å². The molecule has 0 aromatic carbocycles. The van der Waals surface area contributed by atoms with Gasteiger partial charge in [0, 0.05) is 46.8 Å². The average Bonchev–Trinajstić information content (AvgIpc) is 2.69. The van der Waals surface area contributed by atoms with E-state index in [4.69, 9.17) is 5.73 Å². The van der Waals surface area contributed by atoms with Crippen molar-refractivity contribution in [3.05, 3.63) is 21.9 Å². The van der Waals surface area contributed by atoms with E-state index in [1.165, 1.54) is 10.4 Å². The SMILES string of the molecule is Cc1ccsc1C(CN)N1CCS(=O)CC1. The largest absolute Gasteiger partial charge is 0.329 e. The fourth-order valence-electron chi connectivity index (χ4n) is 2.11. The molecule has 2 rings (SSSR count). The van der Waals surface area contributed by atoms with Gasteiger partial charge in [-0.3, -0.25) is 9.11 Å². The van der Waals surface area contributed by atoms with Gasteiger partial charge < -0.3 is 5.73 Å². The standard InChI is InChI=1S/C11H18N2OS2/c1-9-2-5-15-11(9)10(8-12)13-3-6-16(14)7-4-13/h2,5,10H,3-4,6-8,12H2,1H3. The van der Waals surface area contributed by atoms with Gasteiger partial charge in [0.15, 0.2) is 0 Å². The van der Waals surface area contributed by atoms with E-state index in [1.807, 2.05) is 0 Å². The molecule has 0 aliphatic carbocycles. The molecule has 1 aliphatic rings. The molecule has 1 saturated heterocycles. The molecule has 0 bridgehead atoms. The van der Waals surface area contributed by atoms with Crippen LogP contribution in [0.4, 0.5) is 0 Å². The van der Waals surface area contributed by atoms with Crippen molar-refractivity contribution in [1.29, 1.82) is 0 Å². The second-order valence-electron chi connectivity index (χ2n) is 4.10. The molecule has 0 spiro atoms. The molecule has 1 unspecified atom stereocenters. The molecule has 1 aromatic heterocycles. The third-order valence-corrected chi connectivity index (χ3v) is 5.48. The minimum Gasteiger partial charge on any atom is -0.329 e. The molecule has 1 aromatic rings. The maximum atomic E-state index is 11.3. The summed E-state index contributed by atoms with van der Waals surface area (Å²) < 4.78 is 11.3. The number of nitrogens with zero attached hydrogens (tertiary/aromatic N) is 1. The maximum absolute atomic E-state index is 11.3. The van der Waals surface area contributed by atoms with Crippen molar-refractivity contribution >= 4 is 22.1 Å².